The number of amides is 1. The Hall–Kier alpha value is -3.68. The van der Waals surface area contributed by atoms with Gasteiger partial charge in [0.05, 0.1) is 13.7 Å². The van der Waals surface area contributed by atoms with E-state index in [4.69, 9.17) is 14.2 Å². The number of ether oxygens (including phenoxy) is 3. The lowest BCUT2D eigenvalue weighted by Crippen LogP contribution is -2.28. The highest BCUT2D eigenvalue weighted by atomic mass is 19.1. The second-order valence-electron chi connectivity index (χ2n) is 6.50. The van der Waals surface area contributed by atoms with Gasteiger partial charge in [-0.3, -0.25) is 4.79 Å². The van der Waals surface area contributed by atoms with Crippen LogP contribution in [0.2, 0.25) is 0 Å². The number of carbonyl (C=O) groups is 1. The van der Waals surface area contributed by atoms with Gasteiger partial charge in [0.1, 0.15) is 42.0 Å². The van der Waals surface area contributed by atoms with Crippen LogP contribution in [0.1, 0.15) is 12.5 Å². The van der Waals surface area contributed by atoms with Crippen molar-refractivity contribution < 1.29 is 27.8 Å². The second kappa shape index (κ2) is 10.4. The van der Waals surface area contributed by atoms with Crippen LogP contribution in [0.25, 0.3) is 0 Å². The normalized spacial score (nSPS) is 10.5. The molecule has 6 nitrogen and oxygen atoms in total. The zero-order valence-electron chi connectivity index (χ0n) is 17.2. The maximum Gasteiger partial charge on any atom is 0.243 e. The van der Waals surface area contributed by atoms with Crippen molar-refractivity contribution in [3.8, 4) is 23.1 Å². The molecule has 8 heteroatoms. The molecule has 0 unspecified atom stereocenters. The highest BCUT2D eigenvalue weighted by Gasteiger charge is 2.20. The van der Waals surface area contributed by atoms with Gasteiger partial charge in [0.2, 0.25) is 11.8 Å². The van der Waals surface area contributed by atoms with E-state index in [9.17, 15) is 13.6 Å². The van der Waals surface area contributed by atoms with Crippen LogP contribution in [0.3, 0.4) is 0 Å². The summed E-state index contributed by atoms with van der Waals surface area (Å²) in [7, 11) is 1.53. The third-order valence-corrected chi connectivity index (χ3v) is 4.38. The van der Waals surface area contributed by atoms with E-state index in [0.29, 0.717) is 28.5 Å². The number of hydrogen-bond donors (Lipinski definition) is 0. The molecule has 31 heavy (non-hydrogen) atoms. The Balaban J connectivity index is 1.95. The van der Waals surface area contributed by atoms with Crippen LogP contribution in [0.15, 0.2) is 60.8 Å². The van der Waals surface area contributed by atoms with Crippen LogP contribution in [0, 0.1) is 5.82 Å². The lowest BCUT2D eigenvalue weighted by Gasteiger charge is -2.24. The molecule has 0 saturated heterocycles. The van der Waals surface area contributed by atoms with Crippen LogP contribution >= 0.6 is 0 Å². The third-order valence-electron chi connectivity index (χ3n) is 4.38. The lowest BCUT2D eigenvalue weighted by atomic mass is 10.1. The van der Waals surface area contributed by atoms with Gasteiger partial charge in [-0.05, 0) is 54.6 Å². The van der Waals surface area contributed by atoms with Gasteiger partial charge in [-0.25, -0.2) is 13.8 Å². The van der Waals surface area contributed by atoms with E-state index in [1.165, 1.54) is 49.4 Å². The van der Waals surface area contributed by atoms with Gasteiger partial charge in [-0.2, -0.15) is 0 Å². The summed E-state index contributed by atoms with van der Waals surface area (Å²) >= 11 is 0. The van der Waals surface area contributed by atoms with Crippen LogP contribution in [-0.2, 0) is 11.3 Å². The standard InChI is InChI=1S/C23H22F2N2O4/c1-16(28)27(15-17-14-20(29-2)9-10-22(17)30-13-11-24)21-4-3-12-26-23(21)31-19-7-5-18(25)6-8-19/h3-10,12,14H,11,13,15H2,1-2H3. The van der Waals surface area contributed by atoms with E-state index in [1.54, 1.807) is 30.3 Å². The molecule has 0 bridgehead atoms. The summed E-state index contributed by atoms with van der Waals surface area (Å²) in [4.78, 5) is 18.2. The van der Waals surface area contributed by atoms with Crippen molar-refractivity contribution in [2.24, 2.45) is 0 Å². The molecule has 0 fully saturated rings. The Labute approximate surface area is 179 Å². The number of nitrogens with zero attached hydrogens (tertiary/aromatic N) is 2. The van der Waals surface area contributed by atoms with E-state index in [0.717, 1.165) is 0 Å². The monoisotopic (exact) mass is 428 g/mol. The first-order valence-corrected chi connectivity index (χ1v) is 9.54. The molecule has 3 rings (SSSR count). The number of aromatic nitrogens is 1. The number of pyridine rings is 1. The van der Waals surface area contributed by atoms with Crippen molar-refractivity contribution in [2.75, 3.05) is 25.3 Å². The molecule has 1 aromatic heterocycles. The van der Waals surface area contributed by atoms with Crippen LogP contribution < -0.4 is 19.1 Å². The number of benzene rings is 2. The highest BCUT2D eigenvalue weighted by molar-refractivity contribution is 5.92. The fourth-order valence-corrected chi connectivity index (χ4v) is 2.91. The minimum absolute atomic E-state index is 0.106. The summed E-state index contributed by atoms with van der Waals surface area (Å²) in [5.41, 5.74) is 1.04. The fourth-order valence-electron chi connectivity index (χ4n) is 2.91. The molecule has 2 aromatic carbocycles. The molecule has 3 aromatic rings. The minimum Gasteiger partial charge on any atom is -0.497 e. The van der Waals surface area contributed by atoms with E-state index >= 15 is 0 Å². The summed E-state index contributed by atoms with van der Waals surface area (Å²) in [5.74, 6) is 0.903. The first-order chi connectivity index (χ1) is 15.0. The Morgan fingerprint density at radius 3 is 2.52 bits per heavy atom. The average molecular weight is 428 g/mol. The Kier molecular flexibility index (Phi) is 7.37. The highest BCUT2D eigenvalue weighted by Crippen LogP contribution is 2.33. The maximum atomic E-state index is 13.2. The van der Waals surface area contributed by atoms with Gasteiger partial charge in [-0.1, -0.05) is 0 Å². The second-order valence-corrected chi connectivity index (χ2v) is 6.50. The zero-order chi connectivity index (χ0) is 22.2. The molecular weight excluding hydrogens is 406 g/mol. The largest absolute Gasteiger partial charge is 0.497 e. The van der Waals surface area contributed by atoms with E-state index < -0.39 is 12.5 Å². The molecule has 0 aliphatic carbocycles. The molecule has 1 heterocycles. The van der Waals surface area contributed by atoms with Gasteiger partial charge in [0, 0.05) is 18.7 Å². The van der Waals surface area contributed by atoms with Crippen LogP contribution in [-0.4, -0.2) is 31.3 Å². The molecular formula is C23H22F2N2O4. The molecule has 0 N–H and O–H groups in total. The quantitative estimate of drug-likeness (QED) is 0.484. The van der Waals surface area contributed by atoms with Gasteiger partial charge < -0.3 is 19.1 Å². The molecule has 0 spiro atoms. The molecule has 0 atom stereocenters. The number of carbonyl (C=O) groups excluding carboxylic acids is 1. The number of halogens is 2. The van der Waals surface area contributed by atoms with E-state index in [2.05, 4.69) is 4.98 Å². The average Bonchev–Trinajstić information content (AvgIpc) is 2.78. The number of rotatable bonds is 9. The Morgan fingerprint density at radius 1 is 1.10 bits per heavy atom. The molecule has 0 aliphatic heterocycles. The number of hydrogen-bond acceptors (Lipinski definition) is 5. The lowest BCUT2D eigenvalue weighted by molar-refractivity contribution is -0.116. The van der Waals surface area contributed by atoms with E-state index in [1.807, 2.05) is 0 Å². The predicted molar refractivity (Wildman–Crippen MR) is 112 cm³/mol. The van der Waals surface area contributed by atoms with Crippen molar-refractivity contribution in [1.29, 1.82) is 0 Å². The maximum absolute atomic E-state index is 13.2. The number of alkyl halides is 1. The molecule has 0 aliphatic rings. The zero-order valence-corrected chi connectivity index (χ0v) is 17.2. The van der Waals surface area contributed by atoms with Crippen molar-refractivity contribution in [3.63, 3.8) is 0 Å². The predicted octanol–water partition coefficient (Wildman–Crippen LogP) is 4.92. The summed E-state index contributed by atoms with van der Waals surface area (Å²) in [6.45, 7) is 0.780. The first kappa shape index (κ1) is 22.0. The van der Waals surface area contributed by atoms with Gasteiger partial charge in [0.15, 0.2) is 0 Å². The topological polar surface area (TPSA) is 60.9 Å². The summed E-state index contributed by atoms with van der Waals surface area (Å²) in [6, 6.07) is 13.9. The van der Waals surface area contributed by atoms with Crippen molar-refractivity contribution in [2.45, 2.75) is 13.5 Å². The first-order valence-electron chi connectivity index (χ1n) is 9.54. The van der Waals surface area contributed by atoms with Gasteiger partial charge in [0.25, 0.3) is 0 Å². The van der Waals surface area contributed by atoms with Crippen LogP contribution in [0.4, 0.5) is 14.5 Å². The van der Waals surface area contributed by atoms with Crippen molar-refractivity contribution >= 4 is 11.6 Å². The van der Waals surface area contributed by atoms with E-state index in [-0.39, 0.29) is 24.9 Å². The molecule has 0 radical (unpaired) electrons. The Morgan fingerprint density at radius 2 is 1.84 bits per heavy atom. The number of anilines is 1. The van der Waals surface area contributed by atoms with Crippen molar-refractivity contribution in [3.05, 3.63) is 72.2 Å². The van der Waals surface area contributed by atoms with Crippen LogP contribution in [0.5, 0.6) is 23.1 Å². The molecule has 1 amide bonds. The van der Waals surface area contributed by atoms with Crippen molar-refractivity contribution in [1.82, 2.24) is 4.98 Å². The smallest absolute Gasteiger partial charge is 0.243 e. The molecule has 162 valence electrons. The summed E-state index contributed by atoms with van der Waals surface area (Å²) < 4.78 is 42.4. The SMILES string of the molecule is COc1ccc(OCCF)c(CN(C(C)=O)c2cccnc2Oc2ccc(F)cc2)c1. The van der Waals surface area contributed by atoms with Gasteiger partial charge >= 0.3 is 0 Å². The third kappa shape index (κ3) is 5.69. The molecule has 0 saturated carbocycles. The summed E-state index contributed by atoms with van der Waals surface area (Å²) in [5, 5.41) is 0. The fraction of sp³-hybridized carbons (Fsp3) is 0.217. The Bertz CT molecular complexity index is 1030. The number of methoxy groups -OCH3 is 1. The minimum atomic E-state index is -0.639. The summed E-state index contributed by atoms with van der Waals surface area (Å²) in [6.07, 6.45) is 1.53. The van der Waals surface area contributed by atoms with Gasteiger partial charge in [-0.15, -0.1) is 0 Å².